The largest absolute Gasteiger partial charge is 0.273 e. The Morgan fingerprint density at radius 2 is 1.58 bits per heavy atom. The first kappa shape index (κ1) is 16.9. The summed E-state index contributed by atoms with van der Waals surface area (Å²) in [4.78, 5) is 26.5. The molecule has 0 saturated heterocycles. The molecule has 0 fully saturated rings. The summed E-state index contributed by atoms with van der Waals surface area (Å²) in [5, 5.41) is 3.16. The van der Waals surface area contributed by atoms with Gasteiger partial charge in [-0.25, -0.2) is 13.1 Å². The van der Waals surface area contributed by atoms with Crippen molar-refractivity contribution in [3.05, 3.63) is 65.0 Å². The van der Waals surface area contributed by atoms with Gasteiger partial charge >= 0.3 is 0 Å². The van der Waals surface area contributed by atoms with E-state index in [1.807, 2.05) is 12.1 Å². The SMILES string of the molecule is O=C1c2cccc3cccc(c23)C(=O)N1CCNS(=O)(=O)c1cccs1. The second-order valence-electron chi connectivity index (χ2n) is 5.80. The van der Waals surface area contributed by atoms with Crippen molar-refractivity contribution in [1.29, 1.82) is 0 Å². The van der Waals surface area contributed by atoms with Gasteiger partial charge in [-0.2, -0.15) is 0 Å². The maximum Gasteiger partial charge on any atom is 0.261 e. The zero-order chi connectivity index (χ0) is 18.3. The molecule has 0 aliphatic carbocycles. The van der Waals surface area contributed by atoms with Crippen LogP contribution in [-0.2, 0) is 10.0 Å². The van der Waals surface area contributed by atoms with Crippen molar-refractivity contribution >= 4 is 43.9 Å². The number of hydrogen-bond donors (Lipinski definition) is 1. The van der Waals surface area contributed by atoms with Gasteiger partial charge in [0.15, 0.2) is 0 Å². The molecule has 132 valence electrons. The summed E-state index contributed by atoms with van der Waals surface area (Å²) in [5.74, 6) is -0.816. The molecule has 0 saturated carbocycles. The molecule has 26 heavy (non-hydrogen) atoms. The number of carbonyl (C=O) groups excluding carboxylic acids is 2. The van der Waals surface area contributed by atoms with Gasteiger partial charge in [-0.05, 0) is 29.0 Å². The summed E-state index contributed by atoms with van der Waals surface area (Å²) in [6.45, 7) is -0.0805. The lowest BCUT2D eigenvalue weighted by atomic mass is 9.94. The average molecular weight is 386 g/mol. The number of hydrogen-bond acceptors (Lipinski definition) is 5. The number of thiophene rings is 1. The normalized spacial score (nSPS) is 14.2. The van der Waals surface area contributed by atoms with E-state index < -0.39 is 21.8 Å². The number of nitrogens with one attached hydrogen (secondary N) is 1. The van der Waals surface area contributed by atoms with E-state index >= 15 is 0 Å². The average Bonchev–Trinajstić information content (AvgIpc) is 3.18. The van der Waals surface area contributed by atoms with Crippen LogP contribution in [0, 0.1) is 0 Å². The summed E-state index contributed by atoms with van der Waals surface area (Å²) < 4.78 is 27.0. The van der Waals surface area contributed by atoms with Crippen molar-refractivity contribution in [3.63, 3.8) is 0 Å². The molecule has 8 heteroatoms. The number of benzene rings is 2. The molecular weight excluding hydrogens is 372 g/mol. The van der Waals surface area contributed by atoms with Gasteiger partial charge in [-0.3, -0.25) is 14.5 Å². The van der Waals surface area contributed by atoms with Gasteiger partial charge < -0.3 is 0 Å². The third-order valence-electron chi connectivity index (χ3n) is 4.24. The van der Waals surface area contributed by atoms with Crippen molar-refractivity contribution in [2.45, 2.75) is 4.21 Å². The van der Waals surface area contributed by atoms with Crippen molar-refractivity contribution in [3.8, 4) is 0 Å². The predicted octanol–water partition coefficient (Wildman–Crippen LogP) is 2.48. The van der Waals surface area contributed by atoms with E-state index in [0.717, 1.165) is 21.6 Å². The van der Waals surface area contributed by atoms with E-state index in [-0.39, 0.29) is 17.3 Å². The summed E-state index contributed by atoms with van der Waals surface area (Å²) in [6.07, 6.45) is 0. The van der Waals surface area contributed by atoms with Crippen LogP contribution in [0.3, 0.4) is 0 Å². The fraction of sp³-hybridized carbons (Fsp3) is 0.111. The molecule has 6 nitrogen and oxygen atoms in total. The van der Waals surface area contributed by atoms with Crippen molar-refractivity contribution in [1.82, 2.24) is 9.62 Å². The van der Waals surface area contributed by atoms with Gasteiger partial charge in [-0.1, -0.05) is 30.3 Å². The molecule has 0 radical (unpaired) electrons. The van der Waals surface area contributed by atoms with Gasteiger partial charge in [0.05, 0.1) is 0 Å². The van der Waals surface area contributed by atoms with E-state index in [2.05, 4.69) is 4.72 Å². The molecule has 3 aromatic rings. The molecule has 2 heterocycles. The van der Waals surface area contributed by atoms with Crippen LogP contribution in [0.1, 0.15) is 20.7 Å². The van der Waals surface area contributed by atoms with Crippen LogP contribution in [-0.4, -0.2) is 38.2 Å². The molecule has 4 rings (SSSR count). The lowest BCUT2D eigenvalue weighted by Crippen LogP contribution is -2.44. The van der Waals surface area contributed by atoms with E-state index in [9.17, 15) is 18.0 Å². The maximum absolute atomic E-state index is 12.7. The van der Waals surface area contributed by atoms with Crippen LogP contribution in [0.25, 0.3) is 10.8 Å². The fourth-order valence-electron chi connectivity index (χ4n) is 3.06. The highest BCUT2D eigenvalue weighted by atomic mass is 32.2. The topological polar surface area (TPSA) is 83.6 Å². The summed E-state index contributed by atoms with van der Waals surface area (Å²) in [7, 11) is -3.63. The Kier molecular flexibility index (Phi) is 4.10. The van der Waals surface area contributed by atoms with Crippen LogP contribution >= 0.6 is 11.3 Å². The van der Waals surface area contributed by atoms with Crippen molar-refractivity contribution < 1.29 is 18.0 Å². The lowest BCUT2D eigenvalue weighted by molar-refractivity contribution is 0.0614. The minimum Gasteiger partial charge on any atom is -0.273 e. The summed E-state index contributed by atoms with van der Waals surface area (Å²) in [5.41, 5.74) is 0.914. The van der Waals surface area contributed by atoms with Gasteiger partial charge in [0.25, 0.3) is 11.8 Å². The number of carbonyl (C=O) groups is 2. The van der Waals surface area contributed by atoms with Gasteiger partial charge in [0.2, 0.25) is 10.0 Å². The number of nitrogens with zero attached hydrogens (tertiary/aromatic N) is 1. The van der Waals surface area contributed by atoms with Crippen molar-refractivity contribution in [2.75, 3.05) is 13.1 Å². The second kappa shape index (κ2) is 6.31. The Hall–Kier alpha value is -2.55. The fourth-order valence-corrected chi connectivity index (χ4v) is 5.12. The first-order chi connectivity index (χ1) is 12.5. The zero-order valence-corrected chi connectivity index (χ0v) is 15.1. The minimum atomic E-state index is -3.63. The van der Waals surface area contributed by atoms with Crippen molar-refractivity contribution in [2.24, 2.45) is 0 Å². The first-order valence-corrected chi connectivity index (χ1v) is 10.3. The Morgan fingerprint density at radius 3 is 2.15 bits per heavy atom. The quantitative estimate of drug-likeness (QED) is 0.683. The summed E-state index contributed by atoms with van der Waals surface area (Å²) in [6, 6.07) is 13.8. The molecule has 1 N–H and O–H groups in total. The van der Waals surface area contributed by atoms with Crippen LogP contribution < -0.4 is 4.72 Å². The van der Waals surface area contributed by atoms with Crippen LogP contribution in [0.2, 0.25) is 0 Å². The van der Waals surface area contributed by atoms with Crippen LogP contribution in [0.4, 0.5) is 0 Å². The molecule has 2 aromatic carbocycles. The Bertz CT molecular complexity index is 1070. The van der Waals surface area contributed by atoms with Crippen LogP contribution in [0.5, 0.6) is 0 Å². The monoisotopic (exact) mass is 386 g/mol. The molecule has 1 aliphatic heterocycles. The van der Waals surface area contributed by atoms with E-state index in [1.165, 1.54) is 6.07 Å². The lowest BCUT2D eigenvalue weighted by Gasteiger charge is -2.27. The number of sulfonamides is 1. The predicted molar refractivity (Wildman–Crippen MR) is 98.8 cm³/mol. The van der Waals surface area contributed by atoms with Gasteiger partial charge in [0, 0.05) is 29.6 Å². The molecule has 0 unspecified atom stereocenters. The molecule has 1 aromatic heterocycles. The smallest absolute Gasteiger partial charge is 0.261 e. The minimum absolute atomic E-state index is 0.0347. The molecule has 2 amide bonds. The molecular formula is C18H14N2O4S2. The third-order valence-corrected chi connectivity index (χ3v) is 7.10. The van der Waals surface area contributed by atoms with E-state index in [1.54, 1.807) is 35.7 Å². The Labute approximate surface area is 154 Å². The van der Waals surface area contributed by atoms with E-state index in [0.29, 0.717) is 16.5 Å². The zero-order valence-electron chi connectivity index (χ0n) is 13.5. The number of rotatable bonds is 5. The first-order valence-electron chi connectivity index (χ1n) is 7.90. The molecule has 0 bridgehead atoms. The second-order valence-corrected chi connectivity index (χ2v) is 8.74. The third kappa shape index (κ3) is 2.72. The highest BCUT2D eigenvalue weighted by molar-refractivity contribution is 7.91. The highest BCUT2D eigenvalue weighted by Gasteiger charge is 2.32. The Balaban J connectivity index is 1.57. The van der Waals surface area contributed by atoms with E-state index in [4.69, 9.17) is 0 Å². The highest BCUT2D eigenvalue weighted by Crippen LogP contribution is 2.29. The number of amides is 2. The standard InChI is InChI=1S/C18H14N2O4S2/c21-17-13-6-1-4-12-5-2-7-14(16(12)13)18(22)20(17)10-9-19-26(23,24)15-8-3-11-25-15/h1-8,11,19H,9-10H2. The Morgan fingerprint density at radius 1 is 0.923 bits per heavy atom. The maximum atomic E-state index is 12.7. The van der Waals surface area contributed by atoms with Gasteiger partial charge in [0.1, 0.15) is 4.21 Å². The molecule has 1 aliphatic rings. The molecule has 0 spiro atoms. The molecule has 0 atom stereocenters. The van der Waals surface area contributed by atoms with Crippen LogP contribution in [0.15, 0.2) is 58.1 Å². The summed E-state index contributed by atoms with van der Waals surface area (Å²) >= 11 is 1.11. The van der Waals surface area contributed by atoms with Gasteiger partial charge in [-0.15, -0.1) is 11.3 Å². The number of imide groups is 1.